The molecule has 7 rings (SSSR count). The van der Waals surface area contributed by atoms with Gasteiger partial charge >= 0.3 is 0 Å². The third kappa shape index (κ3) is 3.39. The van der Waals surface area contributed by atoms with Crippen LogP contribution in [0.1, 0.15) is 28.2 Å². The minimum atomic E-state index is -0.231. The molecule has 0 spiro atoms. The van der Waals surface area contributed by atoms with Gasteiger partial charge in [-0.1, -0.05) is 66.2 Å². The van der Waals surface area contributed by atoms with Crippen LogP contribution in [-0.2, 0) is 0 Å². The molecule has 0 N–H and O–H groups in total. The van der Waals surface area contributed by atoms with Crippen molar-refractivity contribution in [2.45, 2.75) is 12.8 Å². The number of rotatable bonds is 4. The van der Waals surface area contributed by atoms with Crippen LogP contribution >= 0.6 is 0 Å². The summed E-state index contributed by atoms with van der Waals surface area (Å²) in [4.78, 5) is 9.69. The SMILES string of the molecule is COc1ccc(C2c3c(ccc4ccccc34)Oc3ncn4nc(-c5ccc(C)cc5)nc4c32)cc1OC. The summed E-state index contributed by atoms with van der Waals surface area (Å²) in [5, 5.41) is 7.01. The van der Waals surface area contributed by atoms with Crippen molar-refractivity contribution in [2.24, 2.45) is 0 Å². The number of ether oxygens (including phenoxy) is 3. The van der Waals surface area contributed by atoms with Crippen molar-refractivity contribution < 1.29 is 14.2 Å². The van der Waals surface area contributed by atoms with Crippen LogP contribution in [0.4, 0.5) is 0 Å². The maximum atomic E-state index is 6.43. The molecular weight excluding hydrogens is 476 g/mol. The zero-order chi connectivity index (χ0) is 25.8. The van der Waals surface area contributed by atoms with Gasteiger partial charge in [0.15, 0.2) is 23.0 Å². The topological polar surface area (TPSA) is 70.8 Å². The number of aromatic nitrogens is 4. The molecule has 7 nitrogen and oxygen atoms in total. The maximum Gasteiger partial charge on any atom is 0.228 e. The molecule has 1 unspecified atom stereocenters. The number of aryl methyl sites for hydroxylation is 1. The lowest BCUT2D eigenvalue weighted by atomic mass is 9.81. The van der Waals surface area contributed by atoms with Crippen LogP contribution in [0.25, 0.3) is 27.8 Å². The summed E-state index contributed by atoms with van der Waals surface area (Å²) in [7, 11) is 3.29. The van der Waals surface area contributed by atoms with Gasteiger partial charge in [-0.3, -0.25) is 0 Å². The normalized spacial score (nSPS) is 14.1. The van der Waals surface area contributed by atoms with E-state index in [1.165, 1.54) is 5.56 Å². The average Bonchev–Trinajstić information content (AvgIpc) is 3.40. The van der Waals surface area contributed by atoms with Crippen molar-refractivity contribution in [1.29, 1.82) is 0 Å². The van der Waals surface area contributed by atoms with Crippen LogP contribution in [-0.4, -0.2) is 33.8 Å². The Kier molecular flexibility index (Phi) is 5.04. The van der Waals surface area contributed by atoms with Gasteiger partial charge in [0.1, 0.15) is 12.1 Å². The molecule has 0 aliphatic carbocycles. The van der Waals surface area contributed by atoms with Crippen molar-refractivity contribution in [3.63, 3.8) is 0 Å². The Hall–Kier alpha value is -4.91. The molecule has 1 aliphatic heterocycles. The third-order valence-electron chi connectivity index (χ3n) is 7.15. The predicted octanol–water partition coefficient (Wildman–Crippen LogP) is 6.56. The van der Waals surface area contributed by atoms with Gasteiger partial charge in [0.05, 0.1) is 19.8 Å². The van der Waals surface area contributed by atoms with Crippen LogP contribution in [0, 0.1) is 6.92 Å². The van der Waals surface area contributed by atoms with Gasteiger partial charge in [-0.15, -0.1) is 5.10 Å². The standard InChI is InChI=1S/C31H24N4O3/c1-18-8-10-20(11-9-18)29-33-30-28-26(21-13-14-23(36-2)25(16-21)37-3)27-22-7-5-4-6-19(22)12-15-24(27)38-31(28)32-17-35(30)34-29/h4-17,26H,1-3H3. The van der Waals surface area contributed by atoms with E-state index in [4.69, 9.17) is 24.3 Å². The highest BCUT2D eigenvalue weighted by atomic mass is 16.5. The van der Waals surface area contributed by atoms with Crippen molar-refractivity contribution in [1.82, 2.24) is 19.6 Å². The van der Waals surface area contributed by atoms with E-state index in [0.717, 1.165) is 38.8 Å². The number of hydrogen-bond acceptors (Lipinski definition) is 6. The first kappa shape index (κ1) is 22.3. The van der Waals surface area contributed by atoms with Crippen molar-refractivity contribution in [3.8, 4) is 34.5 Å². The van der Waals surface area contributed by atoms with Crippen LogP contribution in [0.5, 0.6) is 23.1 Å². The fraction of sp³-hybridized carbons (Fsp3) is 0.129. The molecule has 3 heterocycles. The Bertz CT molecular complexity index is 1840. The number of fused-ring (bicyclic) bond motifs is 6. The van der Waals surface area contributed by atoms with E-state index >= 15 is 0 Å². The monoisotopic (exact) mass is 500 g/mol. The molecule has 0 bridgehead atoms. The maximum absolute atomic E-state index is 6.43. The molecule has 7 heteroatoms. The summed E-state index contributed by atoms with van der Waals surface area (Å²) in [5.74, 6) is 3.01. The van der Waals surface area contributed by atoms with E-state index in [1.54, 1.807) is 25.1 Å². The van der Waals surface area contributed by atoms with Gasteiger partial charge in [-0.2, -0.15) is 0 Å². The van der Waals surface area contributed by atoms with E-state index < -0.39 is 0 Å². The minimum Gasteiger partial charge on any atom is -0.493 e. The lowest BCUT2D eigenvalue weighted by molar-refractivity contribution is 0.354. The number of methoxy groups -OCH3 is 2. The molecule has 38 heavy (non-hydrogen) atoms. The Morgan fingerprint density at radius 2 is 1.66 bits per heavy atom. The summed E-state index contributed by atoms with van der Waals surface area (Å²) in [6.07, 6.45) is 1.66. The lowest BCUT2D eigenvalue weighted by Crippen LogP contribution is -2.15. The second-order valence-electron chi connectivity index (χ2n) is 9.38. The molecule has 2 aromatic heterocycles. The van der Waals surface area contributed by atoms with E-state index in [-0.39, 0.29) is 5.92 Å². The zero-order valence-electron chi connectivity index (χ0n) is 21.2. The predicted molar refractivity (Wildman–Crippen MR) is 145 cm³/mol. The Morgan fingerprint density at radius 3 is 2.47 bits per heavy atom. The van der Waals surface area contributed by atoms with Gasteiger partial charge in [-0.25, -0.2) is 14.5 Å². The van der Waals surface area contributed by atoms with E-state index in [9.17, 15) is 0 Å². The summed E-state index contributed by atoms with van der Waals surface area (Å²) in [6.45, 7) is 2.06. The smallest absolute Gasteiger partial charge is 0.228 e. The first-order valence-electron chi connectivity index (χ1n) is 12.4. The summed E-state index contributed by atoms with van der Waals surface area (Å²) >= 11 is 0. The fourth-order valence-corrected chi connectivity index (χ4v) is 5.30. The summed E-state index contributed by atoms with van der Waals surface area (Å²) in [6, 6.07) is 26.6. The molecule has 0 amide bonds. The first-order chi connectivity index (χ1) is 18.6. The number of nitrogens with zero attached hydrogens (tertiary/aromatic N) is 4. The zero-order valence-corrected chi connectivity index (χ0v) is 21.2. The van der Waals surface area contributed by atoms with Crippen LogP contribution in [0.3, 0.4) is 0 Å². The number of hydrogen-bond donors (Lipinski definition) is 0. The summed E-state index contributed by atoms with van der Waals surface area (Å²) < 4.78 is 19.4. The molecule has 4 aromatic carbocycles. The lowest BCUT2D eigenvalue weighted by Gasteiger charge is -2.29. The highest BCUT2D eigenvalue weighted by Crippen LogP contribution is 2.51. The van der Waals surface area contributed by atoms with Crippen molar-refractivity contribution in [2.75, 3.05) is 14.2 Å². The molecule has 1 atom stereocenters. The fourth-order valence-electron chi connectivity index (χ4n) is 5.30. The first-order valence-corrected chi connectivity index (χ1v) is 12.4. The van der Waals surface area contributed by atoms with Crippen molar-refractivity contribution in [3.05, 3.63) is 107 Å². The van der Waals surface area contributed by atoms with Gasteiger partial charge < -0.3 is 14.2 Å². The number of benzene rings is 4. The Morgan fingerprint density at radius 1 is 0.842 bits per heavy atom. The molecular formula is C31H24N4O3. The van der Waals surface area contributed by atoms with Crippen LogP contribution in [0.15, 0.2) is 85.2 Å². The van der Waals surface area contributed by atoms with E-state index in [2.05, 4.69) is 54.4 Å². The van der Waals surface area contributed by atoms with Crippen molar-refractivity contribution >= 4 is 16.4 Å². The Balaban J connectivity index is 1.53. The average molecular weight is 501 g/mol. The van der Waals surface area contributed by atoms with E-state index in [0.29, 0.717) is 28.9 Å². The molecule has 1 aliphatic rings. The highest BCUT2D eigenvalue weighted by molar-refractivity contribution is 5.91. The molecule has 0 saturated heterocycles. The van der Waals surface area contributed by atoms with Gasteiger partial charge in [-0.05, 0) is 41.5 Å². The second kappa shape index (κ2) is 8.59. The van der Waals surface area contributed by atoms with E-state index in [1.807, 2.05) is 36.4 Å². The molecule has 186 valence electrons. The molecule has 0 saturated carbocycles. The molecule has 0 radical (unpaired) electrons. The Labute approximate surface area is 219 Å². The quantitative estimate of drug-likeness (QED) is 0.273. The molecule has 0 fully saturated rings. The molecule has 6 aromatic rings. The van der Waals surface area contributed by atoms with Gasteiger partial charge in [0.2, 0.25) is 5.88 Å². The minimum absolute atomic E-state index is 0.231. The van der Waals surface area contributed by atoms with Gasteiger partial charge in [0.25, 0.3) is 0 Å². The largest absolute Gasteiger partial charge is 0.493 e. The van der Waals surface area contributed by atoms with Crippen LogP contribution < -0.4 is 14.2 Å². The highest BCUT2D eigenvalue weighted by Gasteiger charge is 2.35. The van der Waals surface area contributed by atoms with Gasteiger partial charge in [0, 0.05) is 17.0 Å². The third-order valence-corrected chi connectivity index (χ3v) is 7.15. The van der Waals surface area contributed by atoms with Crippen LogP contribution in [0.2, 0.25) is 0 Å². The summed E-state index contributed by atoms with van der Waals surface area (Å²) in [5.41, 5.74) is 5.75. The second-order valence-corrected chi connectivity index (χ2v) is 9.38.